The van der Waals surface area contributed by atoms with Crippen LogP contribution in [0.3, 0.4) is 0 Å². The van der Waals surface area contributed by atoms with E-state index in [-0.39, 0.29) is 0 Å². The van der Waals surface area contributed by atoms with Gasteiger partial charge in [0.1, 0.15) is 5.69 Å². The highest BCUT2D eigenvalue weighted by atomic mass is 16.5. The van der Waals surface area contributed by atoms with Crippen LogP contribution in [0.5, 0.6) is 5.88 Å². The normalized spacial score (nSPS) is 10.1. The van der Waals surface area contributed by atoms with Gasteiger partial charge >= 0.3 is 0 Å². The molecule has 0 atom stereocenters. The van der Waals surface area contributed by atoms with Crippen molar-refractivity contribution in [3.63, 3.8) is 0 Å². The first kappa shape index (κ1) is 8.55. The van der Waals surface area contributed by atoms with Gasteiger partial charge < -0.3 is 15.0 Å². The second kappa shape index (κ2) is 3.37. The van der Waals surface area contributed by atoms with Crippen LogP contribution in [0.15, 0.2) is 28.8 Å². The number of aromatic nitrogens is 2. The third-order valence-electron chi connectivity index (χ3n) is 1.71. The zero-order valence-electron chi connectivity index (χ0n) is 7.60. The van der Waals surface area contributed by atoms with Crippen LogP contribution in [-0.4, -0.2) is 17.3 Å². The van der Waals surface area contributed by atoms with E-state index >= 15 is 0 Å². The highest BCUT2D eigenvalue weighted by Gasteiger charge is 2.06. The number of nitrogens with zero attached hydrogens (tertiary/aromatic N) is 2. The quantitative estimate of drug-likeness (QED) is 0.775. The van der Waals surface area contributed by atoms with Crippen molar-refractivity contribution in [2.75, 3.05) is 12.8 Å². The molecule has 2 heterocycles. The molecule has 0 spiro atoms. The lowest BCUT2D eigenvalue weighted by Gasteiger charge is -1.98. The Hall–Kier alpha value is -2.04. The number of methoxy groups -OCH3 is 1. The Morgan fingerprint density at radius 3 is 2.93 bits per heavy atom. The molecule has 2 aromatic heterocycles. The Morgan fingerprint density at radius 1 is 1.43 bits per heavy atom. The fourth-order valence-corrected chi connectivity index (χ4v) is 1.08. The lowest BCUT2D eigenvalue weighted by atomic mass is 10.3. The SMILES string of the molecule is COc1cccc(-c2cc(N)no2)n1. The summed E-state index contributed by atoms with van der Waals surface area (Å²) in [6.45, 7) is 0. The van der Waals surface area contributed by atoms with Crippen LogP contribution >= 0.6 is 0 Å². The molecule has 2 rings (SSSR count). The van der Waals surface area contributed by atoms with E-state index in [1.165, 1.54) is 0 Å². The van der Waals surface area contributed by atoms with Crippen molar-refractivity contribution < 1.29 is 9.26 Å². The van der Waals surface area contributed by atoms with Gasteiger partial charge in [-0.05, 0) is 6.07 Å². The van der Waals surface area contributed by atoms with E-state index in [2.05, 4.69) is 10.1 Å². The van der Waals surface area contributed by atoms with Crippen molar-refractivity contribution in [3.8, 4) is 17.3 Å². The molecule has 2 N–H and O–H groups in total. The fraction of sp³-hybridized carbons (Fsp3) is 0.111. The van der Waals surface area contributed by atoms with Gasteiger partial charge in [0.2, 0.25) is 5.88 Å². The number of pyridine rings is 1. The van der Waals surface area contributed by atoms with Gasteiger partial charge in [0.15, 0.2) is 11.6 Å². The average Bonchev–Trinajstić information content (AvgIpc) is 2.65. The molecule has 0 aliphatic rings. The Labute approximate surface area is 80.5 Å². The van der Waals surface area contributed by atoms with Crippen molar-refractivity contribution in [3.05, 3.63) is 24.3 Å². The van der Waals surface area contributed by atoms with E-state index in [9.17, 15) is 0 Å². The molecule has 0 saturated carbocycles. The lowest BCUT2D eigenvalue weighted by Crippen LogP contribution is -1.88. The first-order valence-corrected chi connectivity index (χ1v) is 4.03. The summed E-state index contributed by atoms with van der Waals surface area (Å²) in [6, 6.07) is 6.98. The zero-order chi connectivity index (χ0) is 9.97. The second-order valence-electron chi connectivity index (χ2n) is 2.68. The van der Waals surface area contributed by atoms with Gasteiger partial charge in [-0.2, -0.15) is 0 Å². The van der Waals surface area contributed by atoms with Crippen LogP contribution in [-0.2, 0) is 0 Å². The molecule has 5 nitrogen and oxygen atoms in total. The fourth-order valence-electron chi connectivity index (χ4n) is 1.08. The predicted octanol–water partition coefficient (Wildman–Crippen LogP) is 1.33. The van der Waals surface area contributed by atoms with Crippen molar-refractivity contribution in [2.24, 2.45) is 0 Å². The Balaban J connectivity index is 2.41. The van der Waals surface area contributed by atoms with E-state index in [0.29, 0.717) is 23.2 Å². The third kappa shape index (κ3) is 1.52. The Morgan fingerprint density at radius 2 is 2.29 bits per heavy atom. The third-order valence-corrected chi connectivity index (χ3v) is 1.71. The largest absolute Gasteiger partial charge is 0.481 e. The molecular formula is C9H9N3O2. The summed E-state index contributed by atoms with van der Waals surface area (Å²) < 4.78 is 9.94. The molecule has 72 valence electrons. The molecule has 0 aliphatic heterocycles. The molecular weight excluding hydrogens is 182 g/mol. The summed E-state index contributed by atoms with van der Waals surface area (Å²) in [5, 5.41) is 3.57. The Bertz CT molecular complexity index is 439. The zero-order valence-corrected chi connectivity index (χ0v) is 7.60. The van der Waals surface area contributed by atoms with E-state index in [1.54, 1.807) is 25.3 Å². The van der Waals surface area contributed by atoms with Gasteiger partial charge in [-0.15, -0.1) is 0 Å². The molecule has 0 amide bonds. The second-order valence-corrected chi connectivity index (χ2v) is 2.68. The minimum absolute atomic E-state index is 0.338. The van der Waals surface area contributed by atoms with Gasteiger partial charge in [0.05, 0.1) is 7.11 Å². The van der Waals surface area contributed by atoms with Crippen molar-refractivity contribution in [2.45, 2.75) is 0 Å². The highest BCUT2D eigenvalue weighted by molar-refractivity contribution is 5.55. The summed E-state index contributed by atoms with van der Waals surface area (Å²) in [5.74, 6) is 1.39. The highest BCUT2D eigenvalue weighted by Crippen LogP contribution is 2.20. The molecule has 5 heteroatoms. The van der Waals surface area contributed by atoms with Crippen LogP contribution in [0.4, 0.5) is 5.82 Å². The summed E-state index contributed by atoms with van der Waals surface area (Å²) in [6.07, 6.45) is 0. The standard InChI is InChI=1S/C9H9N3O2/c1-13-9-4-2-3-6(11-9)7-5-8(10)12-14-7/h2-5H,1H3,(H2,10,12). The van der Waals surface area contributed by atoms with Crippen LogP contribution in [0.1, 0.15) is 0 Å². The summed E-state index contributed by atoms with van der Waals surface area (Å²) in [4.78, 5) is 4.16. The van der Waals surface area contributed by atoms with Crippen LogP contribution in [0.25, 0.3) is 11.5 Å². The van der Waals surface area contributed by atoms with E-state index in [0.717, 1.165) is 0 Å². The smallest absolute Gasteiger partial charge is 0.213 e. The number of hydrogen-bond donors (Lipinski definition) is 1. The van der Waals surface area contributed by atoms with E-state index in [4.69, 9.17) is 15.0 Å². The van der Waals surface area contributed by atoms with Crippen LogP contribution in [0, 0.1) is 0 Å². The maximum Gasteiger partial charge on any atom is 0.213 e. The molecule has 0 unspecified atom stereocenters. The van der Waals surface area contributed by atoms with Crippen LogP contribution in [0.2, 0.25) is 0 Å². The Kier molecular flexibility index (Phi) is 2.06. The van der Waals surface area contributed by atoms with Gasteiger partial charge in [0, 0.05) is 12.1 Å². The molecule has 0 aromatic carbocycles. The molecule has 0 aliphatic carbocycles. The topological polar surface area (TPSA) is 74.2 Å². The molecule has 14 heavy (non-hydrogen) atoms. The molecule has 0 saturated heterocycles. The van der Waals surface area contributed by atoms with Crippen molar-refractivity contribution >= 4 is 5.82 Å². The summed E-state index contributed by atoms with van der Waals surface area (Å²) >= 11 is 0. The maximum absolute atomic E-state index is 5.42. The maximum atomic E-state index is 5.42. The van der Waals surface area contributed by atoms with Crippen LogP contribution < -0.4 is 10.5 Å². The molecule has 0 radical (unpaired) electrons. The molecule has 0 fully saturated rings. The van der Waals surface area contributed by atoms with Gasteiger partial charge in [-0.25, -0.2) is 4.98 Å². The summed E-state index contributed by atoms with van der Waals surface area (Å²) in [5.41, 5.74) is 6.07. The minimum Gasteiger partial charge on any atom is -0.481 e. The minimum atomic E-state index is 0.338. The van der Waals surface area contributed by atoms with Crippen molar-refractivity contribution in [1.82, 2.24) is 10.1 Å². The summed E-state index contributed by atoms with van der Waals surface area (Å²) in [7, 11) is 1.56. The number of anilines is 1. The number of rotatable bonds is 2. The van der Waals surface area contributed by atoms with E-state index in [1.807, 2.05) is 6.07 Å². The first-order chi connectivity index (χ1) is 6.79. The predicted molar refractivity (Wildman–Crippen MR) is 50.7 cm³/mol. The number of nitrogen functional groups attached to an aromatic ring is 1. The van der Waals surface area contributed by atoms with Crippen molar-refractivity contribution in [1.29, 1.82) is 0 Å². The number of ether oxygens (including phenoxy) is 1. The van der Waals surface area contributed by atoms with Gasteiger partial charge in [0.25, 0.3) is 0 Å². The monoisotopic (exact) mass is 191 g/mol. The van der Waals surface area contributed by atoms with Gasteiger partial charge in [-0.1, -0.05) is 11.2 Å². The first-order valence-electron chi connectivity index (χ1n) is 4.03. The number of hydrogen-bond acceptors (Lipinski definition) is 5. The molecule has 0 bridgehead atoms. The lowest BCUT2D eigenvalue weighted by molar-refractivity contribution is 0.396. The molecule has 2 aromatic rings. The number of nitrogens with two attached hydrogens (primary N) is 1. The average molecular weight is 191 g/mol. The van der Waals surface area contributed by atoms with Gasteiger partial charge in [-0.3, -0.25) is 0 Å². The van der Waals surface area contributed by atoms with E-state index < -0.39 is 0 Å².